The van der Waals surface area contributed by atoms with E-state index in [1.54, 1.807) is 0 Å². The van der Waals surface area contributed by atoms with Crippen molar-refractivity contribution in [2.45, 2.75) is 0 Å². The average Bonchev–Trinajstić information content (AvgIpc) is 3.89. The second-order valence-corrected chi connectivity index (χ2v) is 13.9. The molecule has 0 fully saturated rings. The van der Waals surface area contributed by atoms with E-state index in [0.717, 1.165) is 72.1 Å². The minimum Gasteiger partial charge on any atom is -0.319 e. The highest BCUT2D eigenvalue weighted by Crippen LogP contribution is 2.41. The molecule has 11 aromatic rings. The van der Waals surface area contributed by atoms with Crippen LogP contribution in [-0.2, 0) is 0 Å². The lowest BCUT2D eigenvalue weighted by atomic mass is 10.0. The lowest BCUT2D eigenvalue weighted by molar-refractivity contribution is 1.13. The molecule has 3 aromatic heterocycles. The zero-order chi connectivity index (χ0) is 36.6. The van der Waals surface area contributed by atoms with Crippen LogP contribution in [0.2, 0.25) is 0 Å². The van der Waals surface area contributed by atoms with Crippen molar-refractivity contribution >= 4 is 76.8 Å². The molecule has 0 saturated heterocycles. The maximum Gasteiger partial charge on any atom is 0.210 e. The van der Waals surface area contributed by atoms with Gasteiger partial charge in [0.1, 0.15) is 0 Å². The van der Waals surface area contributed by atoms with Gasteiger partial charge in [0.15, 0.2) is 5.69 Å². The van der Waals surface area contributed by atoms with Crippen LogP contribution in [0.15, 0.2) is 176 Å². The quantitative estimate of drug-likeness (QED) is 0.163. The van der Waals surface area contributed by atoms with Gasteiger partial charge in [-0.15, -0.1) is 0 Å². The second-order valence-electron chi connectivity index (χ2n) is 13.9. The van der Waals surface area contributed by atoms with Crippen LogP contribution in [0.3, 0.4) is 0 Å². The van der Waals surface area contributed by atoms with Crippen LogP contribution in [0.5, 0.6) is 0 Å². The average molecular weight is 700 g/mol. The first-order chi connectivity index (χ1) is 27.2. The van der Waals surface area contributed by atoms with Gasteiger partial charge in [-0.05, 0) is 77.2 Å². The summed E-state index contributed by atoms with van der Waals surface area (Å²) in [5.74, 6) is 0. The number of benzene rings is 8. The van der Waals surface area contributed by atoms with E-state index < -0.39 is 0 Å². The summed E-state index contributed by atoms with van der Waals surface area (Å²) < 4.78 is 6.95. The Balaban J connectivity index is 1.11. The van der Waals surface area contributed by atoms with E-state index in [4.69, 9.17) is 13.1 Å². The molecule has 5 nitrogen and oxygen atoms in total. The van der Waals surface area contributed by atoms with Gasteiger partial charge in [0.05, 0.1) is 57.6 Å². The van der Waals surface area contributed by atoms with Crippen molar-refractivity contribution in [1.82, 2.24) is 13.7 Å². The Hall–Kier alpha value is -7.86. The Labute approximate surface area is 316 Å². The first kappa shape index (κ1) is 30.7. The van der Waals surface area contributed by atoms with Crippen LogP contribution in [-0.4, -0.2) is 13.7 Å². The Bertz CT molecular complexity index is 3400. The molecule has 0 aliphatic rings. The molecule has 0 amide bonds. The van der Waals surface area contributed by atoms with Crippen LogP contribution < -0.4 is 0 Å². The third-order valence-corrected chi connectivity index (χ3v) is 11.1. The lowest BCUT2D eigenvalue weighted by Gasteiger charge is -2.15. The molecule has 0 atom stereocenters. The Morgan fingerprint density at radius 2 is 0.855 bits per heavy atom. The maximum absolute atomic E-state index is 8.09. The van der Waals surface area contributed by atoms with Gasteiger partial charge in [-0.3, -0.25) is 0 Å². The van der Waals surface area contributed by atoms with Crippen molar-refractivity contribution in [3.05, 3.63) is 199 Å². The van der Waals surface area contributed by atoms with E-state index in [2.05, 4.69) is 181 Å². The normalized spacial score (nSPS) is 11.6. The Morgan fingerprint density at radius 3 is 1.47 bits per heavy atom. The molecule has 0 N–H and O–H groups in total. The van der Waals surface area contributed by atoms with Crippen molar-refractivity contribution in [2.24, 2.45) is 0 Å². The van der Waals surface area contributed by atoms with E-state index in [1.165, 1.54) is 21.5 Å². The van der Waals surface area contributed by atoms with E-state index >= 15 is 0 Å². The van der Waals surface area contributed by atoms with Gasteiger partial charge >= 0.3 is 0 Å². The van der Waals surface area contributed by atoms with Gasteiger partial charge in [-0.25, -0.2) is 9.69 Å². The molecule has 3 heterocycles. The minimum atomic E-state index is 0.611. The summed E-state index contributed by atoms with van der Waals surface area (Å²) in [5, 5.41) is 6.89. The highest BCUT2D eigenvalue weighted by atomic mass is 15.1. The smallest absolute Gasteiger partial charge is 0.210 e. The monoisotopic (exact) mass is 699 g/mol. The Morgan fingerprint density at radius 1 is 0.345 bits per heavy atom. The summed E-state index contributed by atoms with van der Waals surface area (Å²) in [5.41, 5.74) is 12.9. The molecule has 0 aliphatic heterocycles. The molecule has 0 aliphatic carbocycles. The van der Waals surface area contributed by atoms with E-state index in [1.807, 2.05) is 18.2 Å². The number of rotatable bonds is 4. The molecule has 0 saturated carbocycles. The number of hydrogen-bond acceptors (Lipinski definition) is 0. The van der Waals surface area contributed by atoms with Gasteiger partial charge in [0.2, 0.25) is 5.69 Å². The van der Waals surface area contributed by atoms with Crippen molar-refractivity contribution in [3.63, 3.8) is 0 Å². The van der Waals surface area contributed by atoms with Crippen molar-refractivity contribution in [1.29, 1.82) is 0 Å². The van der Waals surface area contributed by atoms with Gasteiger partial charge < -0.3 is 13.7 Å². The third-order valence-electron chi connectivity index (χ3n) is 11.1. The first-order valence-corrected chi connectivity index (χ1v) is 18.3. The number of para-hydroxylation sites is 5. The van der Waals surface area contributed by atoms with Gasteiger partial charge in [0, 0.05) is 32.6 Å². The summed E-state index contributed by atoms with van der Waals surface area (Å²) in [4.78, 5) is 7.71. The van der Waals surface area contributed by atoms with Crippen molar-refractivity contribution in [2.75, 3.05) is 0 Å². The van der Waals surface area contributed by atoms with Crippen LogP contribution in [0, 0.1) is 13.1 Å². The summed E-state index contributed by atoms with van der Waals surface area (Å²) in [7, 11) is 0. The SMILES string of the molecule is [C-]#[N+]c1ccc2c(c1)c1ccccc1n2-c1cccc2c3ccccc3n(-c3ccc(-c4ccc([N+]#[C-])c(-n5c6ccccc6c6ccccc65)c4)cc3)c12. The molecule has 0 radical (unpaired) electrons. The molecular weight excluding hydrogens is 671 g/mol. The summed E-state index contributed by atoms with van der Waals surface area (Å²) >= 11 is 0. The van der Waals surface area contributed by atoms with Gasteiger partial charge in [-0.2, -0.15) is 0 Å². The zero-order valence-corrected chi connectivity index (χ0v) is 29.5. The summed E-state index contributed by atoms with van der Waals surface area (Å²) in [6, 6.07) is 61.4. The van der Waals surface area contributed by atoms with E-state index in [-0.39, 0.29) is 0 Å². The topological polar surface area (TPSA) is 23.5 Å². The summed E-state index contributed by atoms with van der Waals surface area (Å²) in [6.07, 6.45) is 0. The highest BCUT2D eigenvalue weighted by molar-refractivity contribution is 6.15. The fraction of sp³-hybridized carbons (Fsp3) is 0. The zero-order valence-electron chi connectivity index (χ0n) is 29.5. The molecule has 0 unspecified atom stereocenters. The highest BCUT2D eigenvalue weighted by Gasteiger charge is 2.21. The van der Waals surface area contributed by atoms with Crippen LogP contribution in [0.25, 0.3) is 103 Å². The molecule has 8 aromatic carbocycles. The molecule has 11 rings (SSSR count). The Kier molecular flexibility index (Phi) is 6.61. The molecule has 5 heteroatoms. The van der Waals surface area contributed by atoms with Crippen LogP contribution in [0.4, 0.5) is 11.4 Å². The lowest BCUT2D eigenvalue weighted by Crippen LogP contribution is -2.00. The number of aromatic nitrogens is 3. The predicted molar refractivity (Wildman–Crippen MR) is 227 cm³/mol. The van der Waals surface area contributed by atoms with E-state index in [9.17, 15) is 0 Å². The minimum absolute atomic E-state index is 0.611. The predicted octanol–water partition coefficient (Wildman–Crippen LogP) is 13.7. The molecule has 254 valence electrons. The molecular formula is C50H29N5. The largest absolute Gasteiger partial charge is 0.319 e. The molecule has 0 spiro atoms. The van der Waals surface area contributed by atoms with Crippen LogP contribution in [0.1, 0.15) is 0 Å². The van der Waals surface area contributed by atoms with Crippen LogP contribution >= 0.6 is 0 Å². The van der Waals surface area contributed by atoms with Crippen molar-refractivity contribution in [3.8, 4) is 28.2 Å². The van der Waals surface area contributed by atoms with Crippen molar-refractivity contribution < 1.29 is 0 Å². The number of hydrogen-bond donors (Lipinski definition) is 0. The van der Waals surface area contributed by atoms with Gasteiger partial charge in [-0.1, -0.05) is 115 Å². The third kappa shape index (κ3) is 4.45. The maximum atomic E-state index is 8.09. The summed E-state index contributed by atoms with van der Waals surface area (Å²) in [6.45, 7) is 15.8. The fourth-order valence-corrected chi connectivity index (χ4v) is 8.70. The van der Waals surface area contributed by atoms with E-state index in [0.29, 0.717) is 11.4 Å². The standard InChI is InChI=1S/C50H29N5/c1-51-34-25-29-47-41(31-34)39-15-6-10-20-46(39)54(47)48-21-11-16-40-38-14-5-7-17-43(38)53(50(40)48)35-26-22-32(23-27-35)33-24-28-42(52-2)49(30-33)55-44-18-8-3-12-36(44)37-13-4-9-19-45(37)55/h3-31H. The number of nitrogens with zero attached hydrogens (tertiary/aromatic N) is 5. The first-order valence-electron chi connectivity index (χ1n) is 18.3. The van der Waals surface area contributed by atoms with Gasteiger partial charge in [0.25, 0.3) is 0 Å². The molecule has 55 heavy (non-hydrogen) atoms. The molecule has 0 bridgehead atoms. The second kappa shape index (κ2) is 11.8. The number of fused-ring (bicyclic) bond motifs is 9. The fourth-order valence-electron chi connectivity index (χ4n) is 8.70.